The van der Waals surface area contributed by atoms with E-state index in [0.29, 0.717) is 51.2 Å². The van der Waals surface area contributed by atoms with E-state index in [0.717, 1.165) is 18.4 Å². The number of hydrogen-bond donors (Lipinski definition) is 1. The van der Waals surface area contributed by atoms with Crippen LogP contribution in [0.5, 0.6) is 11.5 Å². The Morgan fingerprint density at radius 2 is 1.88 bits per heavy atom. The van der Waals surface area contributed by atoms with Gasteiger partial charge in [0.1, 0.15) is 5.76 Å². The molecule has 0 saturated heterocycles. The van der Waals surface area contributed by atoms with E-state index < -0.39 is 23.5 Å². The summed E-state index contributed by atoms with van der Waals surface area (Å²) >= 11 is 8.65. The third-order valence-electron chi connectivity index (χ3n) is 6.63. The van der Waals surface area contributed by atoms with Gasteiger partial charge in [0.15, 0.2) is 27.4 Å². The number of amides is 1. The molecule has 1 amide bonds. The molecule has 0 spiro atoms. The predicted molar refractivity (Wildman–Crippen MR) is 167 cm³/mol. The van der Waals surface area contributed by atoms with E-state index in [1.54, 1.807) is 31.2 Å². The van der Waals surface area contributed by atoms with Crippen LogP contribution in [0.15, 0.2) is 74.7 Å². The first-order chi connectivity index (χ1) is 20.8. The second-order valence-corrected chi connectivity index (χ2v) is 12.3. The van der Waals surface area contributed by atoms with Crippen molar-refractivity contribution in [1.29, 1.82) is 0 Å². The van der Waals surface area contributed by atoms with Crippen molar-refractivity contribution in [1.82, 2.24) is 10.2 Å². The minimum absolute atomic E-state index is 0.0136. The molecule has 0 aliphatic carbocycles. The number of unbranched alkanes of at least 4 members (excludes halogenated alkanes) is 1. The van der Waals surface area contributed by atoms with Crippen LogP contribution in [0.25, 0.3) is 0 Å². The number of aliphatic hydroxyl groups is 1. The predicted octanol–water partition coefficient (Wildman–Crippen LogP) is 7.75. The van der Waals surface area contributed by atoms with Gasteiger partial charge in [-0.05, 0) is 67.8 Å². The molecule has 0 bridgehead atoms. The largest absolute Gasteiger partial charge is 0.503 e. The maximum absolute atomic E-state index is 13.7. The molecule has 9 nitrogen and oxygen atoms in total. The Bertz CT molecular complexity index is 1650. The fraction of sp³-hybridized carbons (Fsp3) is 0.290. The summed E-state index contributed by atoms with van der Waals surface area (Å²) in [5.41, 5.74) is 1.46. The van der Waals surface area contributed by atoms with E-state index in [-0.39, 0.29) is 16.5 Å². The molecule has 1 N–H and O–H groups in total. The van der Waals surface area contributed by atoms with Crippen molar-refractivity contribution in [2.24, 2.45) is 0 Å². The molecule has 1 aliphatic rings. The van der Waals surface area contributed by atoms with Gasteiger partial charge >= 0.3 is 0 Å². The van der Waals surface area contributed by atoms with Gasteiger partial charge < -0.3 is 19.0 Å². The summed E-state index contributed by atoms with van der Waals surface area (Å²) in [4.78, 5) is 28.6. The van der Waals surface area contributed by atoms with Crippen LogP contribution in [0.2, 0.25) is 5.02 Å². The molecule has 2 aromatic heterocycles. The van der Waals surface area contributed by atoms with Gasteiger partial charge in [-0.2, -0.15) is 0 Å². The number of ether oxygens (including phenoxy) is 2. The van der Waals surface area contributed by atoms with Crippen molar-refractivity contribution in [2.45, 2.75) is 49.7 Å². The highest BCUT2D eigenvalue weighted by atomic mass is 35.5. The van der Waals surface area contributed by atoms with Gasteiger partial charge in [0, 0.05) is 10.8 Å². The van der Waals surface area contributed by atoms with Gasteiger partial charge in [0.2, 0.25) is 10.9 Å². The Morgan fingerprint density at radius 3 is 2.58 bits per heavy atom. The van der Waals surface area contributed by atoms with Crippen LogP contribution in [0.1, 0.15) is 60.2 Å². The minimum Gasteiger partial charge on any atom is -0.503 e. The maximum Gasteiger partial charge on any atom is 0.296 e. The van der Waals surface area contributed by atoms with E-state index in [2.05, 4.69) is 17.1 Å². The van der Waals surface area contributed by atoms with Crippen molar-refractivity contribution in [2.75, 3.05) is 18.1 Å². The monoisotopic (exact) mass is 639 g/mol. The van der Waals surface area contributed by atoms with Gasteiger partial charge in [0.25, 0.3) is 5.91 Å². The number of thioether (sulfide) groups is 1. The van der Waals surface area contributed by atoms with Gasteiger partial charge in [0.05, 0.1) is 24.8 Å². The Kier molecular flexibility index (Phi) is 9.74. The molecular formula is C31H30ClN3O6S2. The lowest BCUT2D eigenvalue weighted by molar-refractivity contribution is -0.117. The Hall–Kier alpha value is -3.80. The van der Waals surface area contributed by atoms with Crippen LogP contribution in [-0.2, 0) is 10.5 Å². The number of anilines is 1. The number of aromatic nitrogens is 2. The highest BCUT2D eigenvalue weighted by molar-refractivity contribution is 8.00. The van der Waals surface area contributed by atoms with Crippen molar-refractivity contribution in [3.05, 3.63) is 93.6 Å². The van der Waals surface area contributed by atoms with E-state index in [4.69, 9.17) is 25.5 Å². The van der Waals surface area contributed by atoms with Gasteiger partial charge in [-0.15, -0.1) is 10.2 Å². The second kappa shape index (κ2) is 13.7. The molecule has 43 heavy (non-hydrogen) atoms. The van der Waals surface area contributed by atoms with Crippen molar-refractivity contribution >= 4 is 51.5 Å². The van der Waals surface area contributed by atoms with E-state index >= 15 is 0 Å². The SMILES string of the molecule is CCCCOc1ccc(C2C(C(=O)c3ccc(C)o3)=C(O)C(=O)N2c2nnc(SCc3ccc(Cl)cc3)s2)cc1OCC. The molecule has 0 fully saturated rings. The Labute approximate surface area is 262 Å². The Balaban J connectivity index is 1.52. The fourth-order valence-electron chi connectivity index (χ4n) is 4.53. The molecule has 224 valence electrons. The van der Waals surface area contributed by atoms with Crippen LogP contribution in [0, 0.1) is 6.92 Å². The molecule has 1 aliphatic heterocycles. The van der Waals surface area contributed by atoms with Crippen LogP contribution >= 0.6 is 34.7 Å². The molecule has 2 aromatic carbocycles. The van der Waals surface area contributed by atoms with Crippen LogP contribution in [0.3, 0.4) is 0 Å². The quantitative estimate of drug-likeness (QED) is 0.0678. The fourth-order valence-corrected chi connectivity index (χ4v) is 6.48. The van der Waals surface area contributed by atoms with Crippen LogP contribution < -0.4 is 14.4 Å². The average Bonchev–Trinajstić information content (AvgIpc) is 3.71. The first-order valence-corrected chi connectivity index (χ1v) is 16.0. The van der Waals surface area contributed by atoms with Gasteiger partial charge in [-0.25, -0.2) is 0 Å². The summed E-state index contributed by atoms with van der Waals surface area (Å²) in [5, 5.41) is 20.6. The molecule has 1 atom stereocenters. The number of aliphatic hydroxyl groups excluding tert-OH is 1. The van der Waals surface area contributed by atoms with Crippen LogP contribution in [-0.4, -0.2) is 40.2 Å². The first kappa shape index (κ1) is 30.7. The lowest BCUT2D eigenvalue weighted by Crippen LogP contribution is -2.31. The number of rotatable bonds is 13. The molecule has 3 heterocycles. The third-order valence-corrected chi connectivity index (χ3v) is 9.01. The van der Waals surface area contributed by atoms with E-state index in [1.807, 2.05) is 31.2 Å². The van der Waals surface area contributed by atoms with Gasteiger partial charge in [-0.1, -0.05) is 66.2 Å². The highest BCUT2D eigenvalue weighted by Crippen LogP contribution is 2.45. The summed E-state index contributed by atoms with van der Waals surface area (Å²) in [6, 6.07) is 14.9. The summed E-state index contributed by atoms with van der Waals surface area (Å²) in [6.07, 6.45) is 1.86. The summed E-state index contributed by atoms with van der Waals surface area (Å²) in [6.45, 7) is 6.55. The minimum atomic E-state index is -1.02. The zero-order valence-electron chi connectivity index (χ0n) is 23.8. The number of carbonyl (C=O) groups excluding carboxylic acids is 2. The number of nitrogens with zero attached hydrogens (tertiary/aromatic N) is 3. The van der Waals surface area contributed by atoms with Crippen LogP contribution in [0.4, 0.5) is 5.13 Å². The van der Waals surface area contributed by atoms with E-state index in [9.17, 15) is 14.7 Å². The molecule has 5 rings (SSSR count). The third kappa shape index (κ3) is 6.74. The van der Waals surface area contributed by atoms with Gasteiger partial charge in [-0.3, -0.25) is 14.5 Å². The zero-order valence-corrected chi connectivity index (χ0v) is 26.2. The average molecular weight is 640 g/mol. The van der Waals surface area contributed by atoms with E-state index in [1.165, 1.54) is 34.1 Å². The Morgan fingerprint density at radius 1 is 1.09 bits per heavy atom. The number of halogens is 1. The number of ketones is 1. The van der Waals surface area contributed by atoms with Crippen molar-refractivity contribution in [3.8, 4) is 11.5 Å². The molecule has 1 unspecified atom stereocenters. The maximum atomic E-state index is 13.7. The lowest BCUT2D eigenvalue weighted by atomic mass is 9.95. The topological polar surface area (TPSA) is 115 Å². The number of furan rings is 1. The molecular weight excluding hydrogens is 610 g/mol. The first-order valence-electron chi connectivity index (χ1n) is 13.8. The smallest absolute Gasteiger partial charge is 0.296 e. The molecule has 0 radical (unpaired) electrons. The number of aryl methyl sites for hydroxylation is 1. The second-order valence-electron chi connectivity index (χ2n) is 9.69. The summed E-state index contributed by atoms with van der Waals surface area (Å²) in [7, 11) is 0. The van der Waals surface area contributed by atoms with Crippen molar-refractivity contribution < 1.29 is 28.6 Å². The number of hydrogen-bond acceptors (Lipinski definition) is 10. The number of benzene rings is 2. The summed E-state index contributed by atoms with van der Waals surface area (Å²) in [5.74, 6) is 0.139. The zero-order chi connectivity index (χ0) is 30.5. The standard InChI is InChI=1S/C31H30ClN3O6S2/c1-4-6-15-40-22-14-10-20(16-24(22)39-5-2)26-25(27(36)23-13-7-18(3)41-23)28(37)29(38)35(26)30-33-34-31(43-30)42-17-19-8-11-21(32)12-9-19/h7-14,16,26,37H,4-6,15,17H2,1-3H3. The highest BCUT2D eigenvalue weighted by Gasteiger charge is 2.47. The number of carbonyl (C=O) groups is 2. The van der Waals surface area contributed by atoms with Crippen molar-refractivity contribution in [3.63, 3.8) is 0 Å². The molecule has 12 heteroatoms. The normalized spacial score (nSPS) is 14.9. The lowest BCUT2D eigenvalue weighted by Gasteiger charge is -2.25. The molecule has 0 saturated carbocycles. The summed E-state index contributed by atoms with van der Waals surface area (Å²) < 4.78 is 18.0. The molecule has 4 aromatic rings. The number of Topliss-reactive ketones (excluding diaryl/α,β-unsaturated/α-hetero) is 1.